The highest BCUT2D eigenvalue weighted by Gasteiger charge is 2.21. The van der Waals surface area contributed by atoms with E-state index in [1.54, 1.807) is 54.6 Å². The summed E-state index contributed by atoms with van der Waals surface area (Å²) in [7, 11) is 0. The van der Waals surface area contributed by atoms with Crippen molar-refractivity contribution in [3.8, 4) is 0 Å². The molecular weight excluding hydrogens is 486 g/mol. The van der Waals surface area contributed by atoms with Crippen LogP contribution in [-0.2, 0) is 19.1 Å². The molecule has 0 heterocycles. The molecule has 196 valence electrons. The van der Waals surface area contributed by atoms with Crippen molar-refractivity contribution in [3.05, 3.63) is 101 Å². The molecule has 0 saturated heterocycles. The summed E-state index contributed by atoms with van der Waals surface area (Å²) in [5.41, 5.74) is 2.53. The van der Waals surface area contributed by atoms with Crippen LogP contribution in [0.3, 0.4) is 0 Å². The summed E-state index contributed by atoms with van der Waals surface area (Å²) in [5, 5.41) is 2.63. The summed E-state index contributed by atoms with van der Waals surface area (Å²) in [5.74, 6) is -2.39. The number of ketones is 2. The Morgan fingerprint density at radius 1 is 0.658 bits per heavy atom. The van der Waals surface area contributed by atoms with Gasteiger partial charge in [-0.1, -0.05) is 60.2 Å². The molecule has 0 radical (unpaired) electrons. The standard InChI is InChI=1S/C30H29NO7/c1-19-9-11-23(12-10-19)28(34)20(2)37-27(33)18-17-26(32)31-25-15-13-24(14-16-25)30(36)38-21(3)29(35)22-7-5-4-6-8-22/h4-16,20-21H,17-18H2,1-3H3,(H,31,32)/t20-,21-/m1/s1. The number of aryl methyl sites for hydroxylation is 1. The van der Waals surface area contributed by atoms with Crippen molar-refractivity contribution < 1.29 is 33.4 Å². The Hall–Kier alpha value is -4.59. The highest BCUT2D eigenvalue weighted by Crippen LogP contribution is 2.14. The fraction of sp³-hybridized carbons (Fsp3) is 0.233. The van der Waals surface area contributed by atoms with Gasteiger partial charge in [0, 0.05) is 23.2 Å². The average molecular weight is 516 g/mol. The second-order valence-electron chi connectivity index (χ2n) is 8.77. The number of benzene rings is 3. The van der Waals surface area contributed by atoms with Crippen LogP contribution in [0.2, 0.25) is 0 Å². The van der Waals surface area contributed by atoms with Gasteiger partial charge in [-0.05, 0) is 45.0 Å². The number of carbonyl (C=O) groups is 5. The number of hydrogen-bond acceptors (Lipinski definition) is 7. The Morgan fingerprint density at radius 2 is 1.18 bits per heavy atom. The molecule has 0 aliphatic carbocycles. The molecule has 0 spiro atoms. The van der Waals surface area contributed by atoms with E-state index in [-0.39, 0.29) is 30.0 Å². The first-order valence-corrected chi connectivity index (χ1v) is 12.1. The number of carbonyl (C=O) groups excluding carboxylic acids is 5. The summed E-state index contributed by atoms with van der Waals surface area (Å²) in [6.07, 6.45) is -2.27. The van der Waals surface area contributed by atoms with E-state index >= 15 is 0 Å². The lowest BCUT2D eigenvalue weighted by atomic mass is 10.1. The number of nitrogens with one attached hydrogen (secondary N) is 1. The zero-order chi connectivity index (χ0) is 27.7. The number of esters is 2. The third-order valence-electron chi connectivity index (χ3n) is 5.69. The van der Waals surface area contributed by atoms with Crippen molar-refractivity contribution in [3.63, 3.8) is 0 Å². The summed E-state index contributed by atoms with van der Waals surface area (Å²) < 4.78 is 10.4. The Kier molecular flexibility index (Phi) is 9.65. The second kappa shape index (κ2) is 13.1. The zero-order valence-electron chi connectivity index (χ0n) is 21.4. The molecule has 0 saturated carbocycles. The first kappa shape index (κ1) is 28.0. The minimum Gasteiger partial charge on any atom is -0.454 e. The van der Waals surface area contributed by atoms with E-state index in [1.807, 2.05) is 6.92 Å². The lowest BCUT2D eigenvalue weighted by Crippen LogP contribution is -2.25. The predicted molar refractivity (Wildman–Crippen MR) is 141 cm³/mol. The lowest BCUT2D eigenvalue weighted by Gasteiger charge is -2.13. The van der Waals surface area contributed by atoms with Crippen LogP contribution >= 0.6 is 0 Å². The van der Waals surface area contributed by atoms with E-state index in [9.17, 15) is 24.0 Å². The van der Waals surface area contributed by atoms with Gasteiger partial charge >= 0.3 is 11.9 Å². The lowest BCUT2D eigenvalue weighted by molar-refractivity contribution is -0.147. The van der Waals surface area contributed by atoms with Crippen LogP contribution in [0.5, 0.6) is 0 Å². The quantitative estimate of drug-likeness (QED) is 0.284. The third kappa shape index (κ3) is 7.96. The molecule has 8 heteroatoms. The van der Waals surface area contributed by atoms with E-state index in [0.717, 1.165) is 5.56 Å². The van der Waals surface area contributed by atoms with E-state index in [2.05, 4.69) is 5.32 Å². The van der Waals surface area contributed by atoms with E-state index in [4.69, 9.17) is 9.47 Å². The van der Waals surface area contributed by atoms with E-state index in [0.29, 0.717) is 16.8 Å². The largest absolute Gasteiger partial charge is 0.454 e. The normalized spacial score (nSPS) is 12.1. The van der Waals surface area contributed by atoms with Crippen molar-refractivity contribution in [1.29, 1.82) is 0 Å². The van der Waals surface area contributed by atoms with Crippen LogP contribution in [-0.4, -0.2) is 41.6 Å². The SMILES string of the molecule is Cc1ccc(C(=O)[C@@H](C)OC(=O)CCC(=O)Nc2ccc(C(=O)O[C@H](C)C(=O)c3ccccc3)cc2)cc1. The monoisotopic (exact) mass is 515 g/mol. The second-order valence-corrected chi connectivity index (χ2v) is 8.77. The molecule has 0 unspecified atom stereocenters. The number of hydrogen-bond donors (Lipinski definition) is 1. The molecule has 0 aromatic heterocycles. The number of ether oxygens (including phenoxy) is 2. The molecule has 3 rings (SSSR count). The van der Waals surface area contributed by atoms with Gasteiger partial charge in [-0.25, -0.2) is 4.79 Å². The topological polar surface area (TPSA) is 116 Å². The van der Waals surface area contributed by atoms with Crippen LogP contribution in [0.4, 0.5) is 5.69 Å². The molecule has 0 fully saturated rings. The van der Waals surface area contributed by atoms with Crippen LogP contribution in [0.15, 0.2) is 78.9 Å². The Bertz CT molecular complexity index is 1300. The number of anilines is 1. The average Bonchev–Trinajstić information content (AvgIpc) is 2.92. The minimum atomic E-state index is -0.966. The summed E-state index contributed by atoms with van der Waals surface area (Å²) >= 11 is 0. The Balaban J connectivity index is 1.43. The Morgan fingerprint density at radius 3 is 1.79 bits per heavy atom. The van der Waals surface area contributed by atoms with Crippen LogP contribution in [0, 0.1) is 6.92 Å². The molecule has 0 aliphatic rings. The maximum atomic E-state index is 12.4. The summed E-state index contributed by atoms with van der Waals surface area (Å²) in [6.45, 7) is 4.90. The predicted octanol–water partition coefficient (Wildman–Crippen LogP) is 4.96. The number of rotatable bonds is 11. The Labute approximate surface area is 221 Å². The van der Waals surface area contributed by atoms with E-state index in [1.165, 1.54) is 38.1 Å². The fourth-order valence-corrected chi connectivity index (χ4v) is 3.51. The van der Waals surface area contributed by atoms with Crippen LogP contribution in [0.1, 0.15) is 63.3 Å². The van der Waals surface area contributed by atoms with Gasteiger partial charge in [-0.2, -0.15) is 0 Å². The van der Waals surface area contributed by atoms with E-state index < -0.39 is 30.1 Å². The number of Topliss-reactive ketones (excluding diaryl/α,β-unsaturated/α-hetero) is 2. The first-order valence-electron chi connectivity index (χ1n) is 12.1. The summed E-state index contributed by atoms with van der Waals surface area (Å²) in [4.78, 5) is 61.6. The van der Waals surface area contributed by atoms with Gasteiger partial charge in [0.2, 0.25) is 17.5 Å². The van der Waals surface area contributed by atoms with Crippen LogP contribution < -0.4 is 5.32 Å². The van der Waals surface area contributed by atoms with Gasteiger partial charge in [0.05, 0.1) is 12.0 Å². The molecule has 8 nitrogen and oxygen atoms in total. The minimum absolute atomic E-state index is 0.146. The molecule has 1 amide bonds. The van der Waals surface area contributed by atoms with Gasteiger partial charge in [0.1, 0.15) is 0 Å². The maximum Gasteiger partial charge on any atom is 0.338 e. The summed E-state index contributed by atoms with van der Waals surface area (Å²) in [6, 6.07) is 21.4. The molecule has 3 aromatic carbocycles. The maximum absolute atomic E-state index is 12.4. The number of amides is 1. The van der Waals surface area contributed by atoms with Crippen molar-refractivity contribution in [2.45, 2.75) is 45.8 Å². The smallest absolute Gasteiger partial charge is 0.338 e. The molecule has 38 heavy (non-hydrogen) atoms. The highest BCUT2D eigenvalue weighted by molar-refractivity contribution is 6.02. The van der Waals surface area contributed by atoms with Gasteiger partial charge in [0.15, 0.2) is 12.2 Å². The highest BCUT2D eigenvalue weighted by atomic mass is 16.5. The van der Waals surface area contributed by atoms with Crippen molar-refractivity contribution >= 4 is 35.1 Å². The molecular formula is C30H29NO7. The van der Waals surface area contributed by atoms with Gasteiger partial charge < -0.3 is 14.8 Å². The van der Waals surface area contributed by atoms with Gasteiger partial charge in [-0.3, -0.25) is 19.2 Å². The van der Waals surface area contributed by atoms with Gasteiger partial charge in [0.25, 0.3) is 0 Å². The van der Waals surface area contributed by atoms with Crippen molar-refractivity contribution in [2.24, 2.45) is 0 Å². The van der Waals surface area contributed by atoms with Gasteiger partial charge in [-0.15, -0.1) is 0 Å². The molecule has 0 aliphatic heterocycles. The molecule has 0 bridgehead atoms. The third-order valence-corrected chi connectivity index (χ3v) is 5.69. The van der Waals surface area contributed by atoms with Crippen molar-refractivity contribution in [1.82, 2.24) is 0 Å². The molecule has 3 aromatic rings. The fourth-order valence-electron chi connectivity index (χ4n) is 3.51. The molecule has 2 atom stereocenters. The molecule has 1 N–H and O–H groups in total. The van der Waals surface area contributed by atoms with Crippen LogP contribution in [0.25, 0.3) is 0 Å². The zero-order valence-corrected chi connectivity index (χ0v) is 21.4. The van der Waals surface area contributed by atoms with Crippen molar-refractivity contribution in [2.75, 3.05) is 5.32 Å². The first-order chi connectivity index (χ1) is 18.1.